The van der Waals surface area contributed by atoms with Crippen LogP contribution in [0.5, 0.6) is 17.2 Å². The number of anilines is 1. The first-order chi connectivity index (χ1) is 20.3. The number of benzene rings is 3. The van der Waals surface area contributed by atoms with Gasteiger partial charge in [0.05, 0.1) is 7.11 Å². The van der Waals surface area contributed by atoms with Crippen molar-refractivity contribution in [3.05, 3.63) is 83.4 Å². The molecule has 3 aromatic carbocycles. The molecule has 226 valence electrons. The normalized spacial score (nSPS) is 15.6. The maximum absolute atomic E-state index is 9.19. The first-order valence-electron chi connectivity index (χ1n) is 15.3. The van der Waals surface area contributed by atoms with Crippen molar-refractivity contribution in [2.24, 2.45) is 5.41 Å². The van der Waals surface area contributed by atoms with E-state index in [0.717, 1.165) is 44.2 Å². The van der Waals surface area contributed by atoms with Crippen LogP contribution in [0.15, 0.2) is 66.7 Å². The average Bonchev–Trinajstić information content (AvgIpc) is 3.01. The van der Waals surface area contributed by atoms with Crippen LogP contribution in [0.4, 0.5) is 5.69 Å². The zero-order chi connectivity index (χ0) is 30.4. The van der Waals surface area contributed by atoms with Gasteiger partial charge in [-0.3, -0.25) is 4.90 Å². The molecule has 1 aliphatic heterocycles. The number of nitrogens with zero attached hydrogens (tertiary/aromatic N) is 2. The number of ether oxygens (including phenoxy) is 2. The van der Waals surface area contributed by atoms with E-state index in [1.165, 1.54) is 67.6 Å². The lowest BCUT2D eigenvalue weighted by Crippen LogP contribution is -2.41. The third-order valence-electron chi connectivity index (χ3n) is 8.08. The van der Waals surface area contributed by atoms with Crippen molar-refractivity contribution in [1.29, 1.82) is 0 Å². The van der Waals surface area contributed by atoms with Gasteiger partial charge in [-0.1, -0.05) is 38.1 Å². The molecular weight excluding hydrogens is 520 g/mol. The molecule has 5 nitrogen and oxygen atoms in total. The smallest absolute Gasteiger partial charge is 0.120 e. The number of aromatic hydroxyl groups is 1. The molecule has 0 bridgehead atoms. The monoisotopic (exact) mass is 570 g/mol. The Morgan fingerprint density at radius 1 is 0.905 bits per heavy atom. The molecule has 1 aliphatic carbocycles. The van der Waals surface area contributed by atoms with E-state index in [0.29, 0.717) is 11.2 Å². The minimum absolute atomic E-state index is 0.408. The number of phenols is 1. The van der Waals surface area contributed by atoms with E-state index in [4.69, 9.17) is 9.47 Å². The van der Waals surface area contributed by atoms with Crippen molar-refractivity contribution >= 4 is 5.69 Å². The molecular formula is C37H50N2O3. The first kappa shape index (κ1) is 32.9. The maximum Gasteiger partial charge on any atom is 0.120 e. The Hall–Kier alpha value is -3.62. The van der Waals surface area contributed by atoms with E-state index in [1.54, 1.807) is 13.2 Å². The topological polar surface area (TPSA) is 45.2 Å². The third-order valence-corrected chi connectivity index (χ3v) is 8.08. The lowest BCUT2D eigenvalue weighted by molar-refractivity contribution is 0.102. The van der Waals surface area contributed by atoms with Crippen LogP contribution in [0.3, 0.4) is 0 Å². The van der Waals surface area contributed by atoms with Gasteiger partial charge in [0.15, 0.2) is 0 Å². The van der Waals surface area contributed by atoms with Crippen LogP contribution >= 0.6 is 0 Å². The molecule has 1 heterocycles. The molecule has 0 radical (unpaired) electrons. The number of hydrogen-bond acceptors (Lipinski definition) is 5. The van der Waals surface area contributed by atoms with Gasteiger partial charge in [-0.2, -0.15) is 0 Å². The highest BCUT2D eigenvalue weighted by Crippen LogP contribution is 2.28. The predicted octanol–water partition coefficient (Wildman–Crippen LogP) is 7.74. The maximum atomic E-state index is 9.19. The fourth-order valence-corrected chi connectivity index (χ4v) is 5.85. The van der Waals surface area contributed by atoms with Crippen molar-refractivity contribution in [3.8, 4) is 30.1 Å². The fraction of sp³-hybridized carbons (Fsp3) is 0.459. The molecule has 0 amide bonds. The molecule has 5 heteroatoms. The molecule has 42 heavy (non-hydrogen) atoms. The van der Waals surface area contributed by atoms with Gasteiger partial charge in [0.1, 0.15) is 23.9 Å². The summed E-state index contributed by atoms with van der Waals surface area (Å²) in [6.45, 7) is 12.8. The van der Waals surface area contributed by atoms with Crippen molar-refractivity contribution in [2.45, 2.75) is 65.8 Å². The van der Waals surface area contributed by atoms with E-state index < -0.39 is 0 Å². The second kappa shape index (κ2) is 16.7. The van der Waals surface area contributed by atoms with E-state index in [9.17, 15) is 5.11 Å². The number of fused-ring (bicyclic) bond motifs is 1. The zero-order valence-corrected chi connectivity index (χ0v) is 26.1. The van der Waals surface area contributed by atoms with Crippen molar-refractivity contribution in [2.75, 3.05) is 44.8 Å². The minimum Gasteiger partial charge on any atom is -0.508 e. The van der Waals surface area contributed by atoms with E-state index in [2.05, 4.69) is 79.8 Å². The number of likely N-dealkylation sites (tertiary alicyclic amines) is 1. The largest absolute Gasteiger partial charge is 0.508 e. The van der Waals surface area contributed by atoms with Gasteiger partial charge in [0.2, 0.25) is 0 Å². The Labute approximate surface area is 254 Å². The Morgan fingerprint density at radius 3 is 2.33 bits per heavy atom. The Balaban J connectivity index is 0.000000308. The van der Waals surface area contributed by atoms with Gasteiger partial charge in [0, 0.05) is 37.9 Å². The van der Waals surface area contributed by atoms with Crippen LogP contribution in [-0.4, -0.2) is 49.9 Å². The van der Waals surface area contributed by atoms with E-state index in [1.807, 2.05) is 24.3 Å². The number of rotatable bonds is 9. The number of aryl methyl sites for hydroxylation is 2. The quantitative estimate of drug-likeness (QED) is 0.267. The zero-order valence-electron chi connectivity index (χ0n) is 26.1. The molecule has 0 unspecified atom stereocenters. The SMILES string of the molecule is C#C.CCN(Cc1ccc(OCCN2CCCC(C)(C)C2)cc1)c1cccc(OC)c1.Oc1ccc2c(c1)CCCC2. The Bertz CT molecular complexity index is 1240. The standard InChI is InChI=1S/C25H36N2O2.C10H12O.C2H2/c1-5-27(22-8-6-9-24(18-22)28-4)19-21-10-12-23(13-11-21)29-17-16-26-15-7-14-25(2,3)20-26;11-10-6-5-8-3-1-2-4-9(8)7-10;1-2/h6,8-13,18H,5,7,14-17,19-20H2,1-4H3;5-7,11H,1-4H2;1-2H. The fourth-order valence-electron chi connectivity index (χ4n) is 5.85. The van der Waals surface area contributed by atoms with Gasteiger partial charge in [0.25, 0.3) is 0 Å². The lowest BCUT2D eigenvalue weighted by Gasteiger charge is -2.37. The highest BCUT2D eigenvalue weighted by Gasteiger charge is 2.25. The summed E-state index contributed by atoms with van der Waals surface area (Å²) < 4.78 is 11.4. The number of piperidine rings is 1. The Kier molecular flexibility index (Phi) is 13.1. The highest BCUT2D eigenvalue weighted by atomic mass is 16.5. The summed E-state index contributed by atoms with van der Waals surface area (Å²) in [4.78, 5) is 4.88. The molecule has 2 aliphatic rings. The van der Waals surface area contributed by atoms with Crippen molar-refractivity contribution in [3.63, 3.8) is 0 Å². The molecule has 1 saturated heterocycles. The van der Waals surface area contributed by atoms with Crippen LogP contribution in [0.1, 0.15) is 63.1 Å². The second-order valence-electron chi connectivity index (χ2n) is 11.9. The Morgan fingerprint density at radius 2 is 1.64 bits per heavy atom. The van der Waals surface area contributed by atoms with Crippen LogP contribution in [0, 0.1) is 18.3 Å². The molecule has 1 fully saturated rings. The van der Waals surface area contributed by atoms with Gasteiger partial charge in [-0.05, 0) is 110 Å². The predicted molar refractivity (Wildman–Crippen MR) is 176 cm³/mol. The van der Waals surface area contributed by atoms with Crippen LogP contribution < -0.4 is 14.4 Å². The van der Waals surface area contributed by atoms with Crippen LogP contribution in [0.25, 0.3) is 0 Å². The molecule has 0 atom stereocenters. The molecule has 1 N–H and O–H groups in total. The molecule has 0 spiro atoms. The first-order valence-corrected chi connectivity index (χ1v) is 15.3. The van der Waals surface area contributed by atoms with Gasteiger partial charge < -0.3 is 19.5 Å². The summed E-state index contributed by atoms with van der Waals surface area (Å²) in [5.41, 5.74) is 5.66. The number of hydrogen-bond donors (Lipinski definition) is 1. The summed E-state index contributed by atoms with van der Waals surface area (Å²) in [5.74, 6) is 2.25. The summed E-state index contributed by atoms with van der Waals surface area (Å²) in [7, 11) is 1.71. The molecule has 0 saturated carbocycles. The highest BCUT2D eigenvalue weighted by molar-refractivity contribution is 5.51. The van der Waals surface area contributed by atoms with Gasteiger partial charge >= 0.3 is 0 Å². The third kappa shape index (κ3) is 10.3. The summed E-state index contributed by atoms with van der Waals surface area (Å²) >= 11 is 0. The van der Waals surface area contributed by atoms with Crippen molar-refractivity contribution < 1.29 is 14.6 Å². The molecule has 3 aromatic rings. The summed E-state index contributed by atoms with van der Waals surface area (Å²) in [6, 6.07) is 22.5. The average molecular weight is 571 g/mol. The summed E-state index contributed by atoms with van der Waals surface area (Å²) in [6.07, 6.45) is 15.5. The van der Waals surface area contributed by atoms with Gasteiger partial charge in [-0.25, -0.2) is 0 Å². The summed E-state index contributed by atoms with van der Waals surface area (Å²) in [5, 5.41) is 9.19. The number of terminal acetylenes is 1. The molecule has 0 aromatic heterocycles. The van der Waals surface area contributed by atoms with Crippen LogP contribution in [-0.2, 0) is 19.4 Å². The van der Waals surface area contributed by atoms with Crippen molar-refractivity contribution in [1.82, 2.24) is 4.90 Å². The van der Waals surface area contributed by atoms with Gasteiger partial charge in [-0.15, -0.1) is 12.8 Å². The van der Waals surface area contributed by atoms with E-state index in [-0.39, 0.29) is 0 Å². The molecule has 5 rings (SSSR count). The number of phenolic OH excluding ortho intramolecular Hbond substituents is 1. The van der Waals surface area contributed by atoms with Crippen LogP contribution in [0.2, 0.25) is 0 Å². The second-order valence-corrected chi connectivity index (χ2v) is 11.9. The minimum atomic E-state index is 0.408. The lowest BCUT2D eigenvalue weighted by atomic mass is 9.84. The number of methoxy groups -OCH3 is 1. The van der Waals surface area contributed by atoms with E-state index >= 15 is 0 Å².